The van der Waals surface area contributed by atoms with Crippen molar-refractivity contribution in [2.75, 3.05) is 19.8 Å². The van der Waals surface area contributed by atoms with Gasteiger partial charge in [0.25, 0.3) is 0 Å². The maximum Gasteiger partial charge on any atom is 0.488 e. The Bertz CT molecular complexity index is 316. The topological polar surface area (TPSA) is 69.7 Å². The van der Waals surface area contributed by atoms with Crippen LogP contribution in [0.3, 0.4) is 0 Å². The van der Waals surface area contributed by atoms with Gasteiger partial charge in [-0.2, -0.15) is 0 Å². The Balaban J connectivity index is 3.03. The van der Waals surface area contributed by atoms with Crippen molar-refractivity contribution in [1.82, 2.24) is 4.90 Å². The molecule has 0 bridgehead atoms. The lowest BCUT2D eigenvalue weighted by molar-refractivity contribution is 0.399. The number of anilines is 1. The zero-order valence-corrected chi connectivity index (χ0v) is 8.44. The van der Waals surface area contributed by atoms with Crippen LogP contribution < -0.4 is 11.2 Å². The van der Waals surface area contributed by atoms with E-state index >= 15 is 0 Å². The van der Waals surface area contributed by atoms with E-state index in [0.29, 0.717) is 17.7 Å². The van der Waals surface area contributed by atoms with Crippen LogP contribution >= 0.6 is 0 Å². The van der Waals surface area contributed by atoms with Crippen molar-refractivity contribution in [3.05, 3.63) is 23.8 Å². The molecule has 0 aliphatic rings. The highest BCUT2D eigenvalue weighted by Gasteiger charge is 2.15. The second kappa shape index (κ2) is 4.46. The fourth-order valence-electron chi connectivity index (χ4n) is 1.36. The van der Waals surface area contributed by atoms with Crippen molar-refractivity contribution in [1.29, 1.82) is 0 Å². The first kappa shape index (κ1) is 11.0. The first-order valence-corrected chi connectivity index (χ1v) is 4.40. The van der Waals surface area contributed by atoms with Gasteiger partial charge in [0.05, 0.1) is 0 Å². The van der Waals surface area contributed by atoms with Crippen LogP contribution in [-0.2, 0) is 6.54 Å². The summed E-state index contributed by atoms with van der Waals surface area (Å²) in [7, 11) is 2.39. The molecule has 0 saturated heterocycles. The van der Waals surface area contributed by atoms with E-state index in [2.05, 4.69) is 0 Å². The highest BCUT2D eigenvalue weighted by molar-refractivity contribution is 6.59. The van der Waals surface area contributed by atoms with E-state index in [1.807, 2.05) is 19.0 Å². The number of benzene rings is 1. The molecule has 4 nitrogen and oxygen atoms in total. The molecule has 0 fully saturated rings. The third-order valence-corrected chi connectivity index (χ3v) is 1.93. The highest BCUT2D eigenvalue weighted by Crippen LogP contribution is 2.06. The molecule has 0 aromatic heterocycles. The van der Waals surface area contributed by atoms with Gasteiger partial charge in [-0.05, 0) is 37.3 Å². The van der Waals surface area contributed by atoms with Crippen LogP contribution in [0.15, 0.2) is 18.2 Å². The number of nitrogens with two attached hydrogens (primary N) is 1. The Hall–Kier alpha value is -1.04. The van der Waals surface area contributed by atoms with Crippen molar-refractivity contribution < 1.29 is 10.0 Å². The second-order valence-electron chi connectivity index (χ2n) is 3.57. The van der Waals surface area contributed by atoms with Crippen molar-refractivity contribution >= 4 is 18.3 Å². The first-order valence-electron chi connectivity index (χ1n) is 4.40. The van der Waals surface area contributed by atoms with Crippen LogP contribution in [0, 0.1) is 0 Å². The molecular weight excluding hydrogens is 179 g/mol. The molecule has 0 saturated carbocycles. The predicted molar refractivity (Wildman–Crippen MR) is 58.1 cm³/mol. The minimum absolute atomic E-state index is 0.507. The lowest BCUT2D eigenvalue weighted by atomic mass is 9.77. The van der Waals surface area contributed by atoms with Gasteiger partial charge in [-0.25, -0.2) is 0 Å². The number of hydrogen-bond donors (Lipinski definition) is 3. The Morgan fingerprint density at radius 2 is 2.00 bits per heavy atom. The van der Waals surface area contributed by atoms with Crippen molar-refractivity contribution in [3.8, 4) is 0 Å². The first-order chi connectivity index (χ1) is 6.50. The summed E-state index contributed by atoms with van der Waals surface area (Å²) >= 11 is 0. The van der Waals surface area contributed by atoms with E-state index in [1.54, 1.807) is 18.2 Å². The maximum absolute atomic E-state index is 9.10. The van der Waals surface area contributed by atoms with Gasteiger partial charge >= 0.3 is 7.12 Å². The van der Waals surface area contributed by atoms with Gasteiger partial charge in [-0.3, -0.25) is 0 Å². The number of nitrogen functional groups attached to an aromatic ring is 1. The van der Waals surface area contributed by atoms with Gasteiger partial charge in [0.15, 0.2) is 0 Å². The zero-order chi connectivity index (χ0) is 10.7. The number of rotatable bonds is 3. The summed E-state index contributed by atoms with van der Waals surface area (Å²) < 4.78 is 0. The van der Waals surface area contributed by atoms with Crippen molar-refractivity contribution in [3.63, 3.8) is 0 Å². The quantitative estimate of drug-likeness (QED) is 0.426. The molecule has 0 aliphatic carbocycles. The average molecular weight is 194 g/mol. The SMILES string of the molecule is CN(C)Cc1cc(N)ccc1B(O)O. The molecule has 0 atom stereocenters. The summed E-state index contributed by atoms with van der Waals surface area (Å²) in [5, 5.41) is 18.2. The molecule has 1 rings (SSSR count). The molecule has 76 valence electrons. The summed E-state index contributed by atoms with van der Waals surface area (Å²) in [5.41, 5.74) is 7.60. The van der Waals surface area contributed by atoms with E-state index in [4.69, 9.17) is 15.8 Å². The summed E-state index contributed by atoms with van der Waals surface area (Å²) in [6, 6.07) is 5.06. The third-order valence-electron chi connectivity index (χ3n) is 1.93. The molecule has 0 aliphatic heterocycles. The van der Waals surface area contributed by atoms with Gasteiger partial charge in [-0.1, -0.05) is 6.07 Å². The van der Waals surface area contributed by atoms with Crippen LogP contribution in [0.5, 0.6) is 0 Å². The van der Waals surface area contributed by atoms with Crippen molar-refractivity contribution in [2.24, 2.45) is 0 Å². The number of hydrogen-bond acceptors (Lipinski definition) is 4. The molecule has 14 heavy (non-hydrogen) atoms. The second-order valence-corrected chi connectivity index (χ2v) is 3.57. The van der Waals surface area contributed by atoms with Gasteiger partial charge in [0, 0.05) is 12.2 Å². The highest BCUT2D eigenvalue weighted by atomic mass is 16.4. The van der Waals surface area contributed by atoms with Crippen LogP contribution in [0.2, 0.25) is 0 Å². The average Bonchev–Trinajstić information content (AvgIpc) is 2.01. The zero-order valence-electron chi connectivity index (χ0n) is 8.44. The minimum Gasteiger partial charge on any atom is -0.423 e. The normalized spacial score (nSPS) is 10.6. The Kier molecular flexibility index (Phi) is 3.52. The lowest BCUT2D eigenvalue weighted by Gasteiger charge is -2.14. The van der Waals surface area contributed by atoms with E-state index < -0.39 is 7.12 Å². The monoisotopic (exact) mass is 194 g/mol. The summed E-state index contributed by atoms with van der Waals surface area (Å²) in [6.07, 6.45) is 0. The fourth-order valence-corrected chi connectivity index (χ4v) is 1.36. The van der Waals surface area contributed by atoms with Crippen LogP contribution in [0.4, 0.5) is 5.69 Å². The lowest BCUT2D eigenvalue weighted by Crippen LogP contribution is -2.34. The Morgan fingerprint density at radius 3 is 2.50 bits per heavy atom. The minimum atomic E-state index is -1.44. The molecular formula is C9H15BN2O2. The molecule has 0 radical (unpaired) electrons. The standard InChI is InChI=1S/C9H15BN2O2/c1-12(2)6-7-5-8(11)3-4-9(7)10(13)14/h3-5,13-14H,6,11H2,1-2H3. The third kappa shape index (κ3) is 2.73. The van der Waals surface area contributed by atoms with Crippen LogP contribution in [0.25, 0.3) is 0 Å². The molecule has 0 spiro atoms. The van der Waals surface area contributed by atoms with E-state index in [9.17, 15) is 0 Å². The Morgan fingerprint density at radius 1 is 1.36 bits per heavy atom. The van der Waals surface area contributed by atoms with Gasteiger partial charge < -0.3 is 20.7 Å². The fraction of sp³-hybridized carbons (Fsp3) is 0.333. The van der Waals surface area contributed by atoms with Crippen LogP contribution in [0.1, 0.15) is 5.56 Å². The van der Waals surface area contributed by atoms with E-state index in [-0.39, 0.29) is 0 Å². The molecule has 1 aromatic rings. The Labute approximate surface area is 84.1 Å². The summed E-state index contributed by atoms with van der Waals surface area (Å²) in [6.45, 7) is 0.637. The summed E-state index contributed by atoms with van der Waals surface area (Å²) in [5.74, 6) is 0. The largest absolute Gasteiger partial charge is 0.488 e. The molecule has 4 N–H and O–H groups in total. The molecule has 1 aromatic carbocycles. The number of nitrogens with zero attached hydrogens (tertiary/aromatic N) is 1. The van der Waals surface area contributed by atoms with E-state index in [0.717, 1.165) is 5.56 Å². The van der Waals surface area contributed by atoms with Gasteiger partial charge in [0.2, 0.25) is 0 Å². The maximum atomic E-state index is 9.10. The molecule has 5 heteroatoms. The van der Waals surface area contributed by atoms with Crippen LogP contribution in [-0.4, -0.2) is 36.2 Å². The van der Waals surface area contributed by atoms with E-state index in [1.165, 1.54) is 0 Å². The van der Waals surface area contributed by atoms with Crippen molar-refractivity contribution in [2.45, 2.75) is 6.54 Å². The molecule has 0 amide bonds. The molecule has 0 unspecified atom stereocenters. The van der Waals surface area contributed by atoms with Gasteiger partial charge in [0.1, 0.15) is 0 Å². The summed E-state index contributed by atoms with van der Waals surface area (Å²) in [4.78, 5) is 1.95. The predicted octanol–water partition coefficient (Wildman–Crippen LogP) is -0.990. The molecule has 0 heterocycles. The smallest absolute Gasteiger partial charge is 0.423 e. The van der Waals surface area contributed by atoms with Gasteiger partial charge in [-0.15, -0.1) is 0 Å².